The highest BCUT2D eigenvalue weighted by atomic mass is 16.5. The van der Waals surface area contributed by atoms with Crippen molar-refractivity contribution in [3.63, 3.8) is 0 Å². The van der Waals surface area contributed by atoms with E-state index in [1.54, 1.807) is 4.52 Å². The normalized spacial score (nSPS) is 20.0. The lowest BCUT2D eigenvalue weighted by molar-refractivity contribution is -0.121. The molecule has 218 valence electrons. The molecule has 1 saturated carbocycles. The topological polar surface area (TPSA) is 126 Å². The molecule has 5 rings (SSSR count). The minimum absolute atomic E-state index is 0.0143. The Hall–Kier alpha value is -3.99. The van der Waals surface area contributed by atoms with E-state index in [-0.39, 0.29) is 29.9 Å². The van der Waals surface area contributed by atoms with Gasteiger partial charge >= 0.3 is 6.01 Å². The fraction of sp³-hybridized carbons (Fsp3) is 0.500. The number of aromatic nitrogens is 4. The summed E-state index contributed by atoms with van der Waals surface area (Å²) in [5.41, 5.74) is 3.52. The van der Waals surface area contributed by atoms with Crippen molar-refractivity contribution < 1.29 is 14.3 Å². The molecule has 2 fully saturated rings. The number of amides is 2. The summed E-state index contributed by atoms with van der Waals surface area (Å²) in [6.45, 7) is 8.05. The molecule has 0 atom stereocenters. The van der Waals surface area contributed by atoms with Crippen molar-refractivity contribution in [1.29, 1.82) is 0 Å². The maximum Gasteiger partial charge on any atom is 0.322 e. The van der Waals surface area contributed by atoms with E-state index >= 15 is 0 Å². The molecule has 11 nitrogen and oxygen atoms in total. The zero-order valence-corrected chi connectivity index (χ0v) is 23.9. The number of carbonyl (C=O) groups is 2. The van der Waals surface area contributed by atoms with E-state index in [0.717, 1.165) is 80.5 Å². The summed E-state index contributed by atoms with van der Waals surface area (Å²) in [6, 6.07) is 8.27. The lowest BCUT2D eigenvalue weighted by Gasteiger charge is -2.28. The monoisotopic (exact) mass is 560 g/mol. The Morgan fingerprint density at radius 2 is 1.90 bits per heavy atom. The van der Waals surface area contributed by atoms with Crippen LogP contribution in [-0.2, 0) is 22.6 Å². The molecule has 41 heavy (non-hydrogen) atoms. The van der Waals surface area contributed by atoms with Crippen molar-refractivity contribution >= 4 is 29.1 Å². The van der Waals surface area contributed by atoms with Crippen LogP contribution in [0.1, 0.15) is 56.6 Å². The van der Waals surface area contributed by atoms with Crippen molar-refractivity contribution in [2.24, 2.45) is 5.92 Å². The molecule has 3 aromatic rings. The summed E-state index contributed by atoms with van der Waals surface area (Å²) < 4.78 is 7.94. The predicted octanol–water partition coefficient (Wildman–Crippen LogP) is 3.57. The van der Waals surface area contributed by atoms with Crippen molar-refractivity contribution in [3.05, 3.63) is 54.2 Å². The van der Waals surface area contributed by atoms with Gasteiger partial charge in [0.2, 0.25) is 17.8 Å². The Kier molecular flexibility index (Phi) is 9.13. The van der Waals surface area contributed by atoms with Crippen LogP contribution in [0, 0.1) is 5.92 Å². The Morgan fingerprint density at radius 1 is 1.12 bits per heavy atom. The van der Waals surface area contributed by atoms with Gasteiger partial charge in [-0.2, -0.15) is 19.6 Å². The lowest BCUT2D eigenvalue weighted by atomic mass is 9.85. The van der Waals surface area contributed by atoms with E-state index < -0.39 is 0 Å². The molecule has 0 bridgehead atoms. The van der Waals surface area contributed by atoms with Gasteiger partial charge in [-0.1, -0.05) is 25.6 Å². The first-order chi connectivity index (χ1) is 19.9. The molecule has 1 aliphatic heterocycles. The summed E-state index contributed by atoms with van der Waals surface area (Å²) in [5.74, 6) is 0.344. The number of nitrogens with one attached hydrogen (secondary N) is 3. The van der Waals surface area contributed by atoms with Crippen LogP contribution in [0.25, 0.3) is 5.65 Å². The number of nitrogens with zero attached hydrogens (tertiary/aromatic N) is 5. The zero-order chi connectivity index (χ0) is 28.8. The van der Waals surface area contributed by atoms with Crippen LogP contribution in [0.2, 0.25) is 0 Å². The number of piperidine rings is 1. The number of likely N-dealkylation sites (tertiary alicyclic amines) is 1. The molecule has 3 N–H and O–H groups in total. The summed E-state index contributed by atoms with van der Waals surface area (Å²) in [5, 5.41) is 13.9. The number of rotatable bonds is 10. The second kappa shape index (κ2) is 13.1. The Morgan fingerprint density at radius 3 is 2.63 bits per heavy atom. The van der Waals surface area contributed by atoms with Crippen LogP contribution in [0.4, 0.5) is 11.6 Å². The van der Waals surface area contributed by atoms with Gasteiger partial charge in [-0.25, -0.2) is 0 Å². The molecule has 2 aromatic heterocycles. The average molecular weight is 561 g/mol. The summed E-state index contributed by atoms with van der Waals surface area (Å²) in [7, 11) is 2.12. The van der Waals surface area contributed by atoms with E-state index in [2.05, 4.69) is 51.5 Å². The Balaban J connectivity index is 1.22. The highest BCUT2D eigenvalue weighted by Gasteiger charge is 2.27. The third kappa shape index (κ3) is 7.21. The van der Waals surface area contributed by atoms with Crippen LogP contribution in [-0.4, -0.2) is 68.6 Å². The van der Waals surface area contributed by atoms with E-state index in [4.69, 9.17) is 9.72 Å². The lowest BCUT2D eigenvalue weighted by Crippen LogP contribution is -2.38. The first kappa shape index (κ1) is 28.5. The van der Waals surface area contributed by atoms with E-state index in [0.29, 0.717) is 18.5 Å². The standard InChI is InChI=1S/C30H40N8O3/c1-4-21-19-32-38-27(21)35-30(41-25-13-15-37(3)16-14-25)36-29(38)31-18-20-7-6-8-24(17-20)34-28(40)22-9-11-23(12-10-22)33-26(39)5-2/h5-8,17,19,22-23,25H,2,4,9-16,18H2,1,3H3,(H,33,39)(H,34,40)(H,31,35,36)/t22-,23+. The van der Waals surface area contributed by atoms with Crippen LogP contribution in [0.15, 0.2) is 43.1 Å². The molecule has 2 amide bonds. The Labute approximate surface area is 240 Å². The highest BCUT2D eigenvalue weighted by molar-refractivity contribution is 5.92. The fourth-order valence-corrected chi connectivity index (χ4v) is 5.52. The van der Waals surface area contributed by atoms with Crippen molar-refractivity contribution in [1.82, 2.24) is 29.8 Å². The van der Waals surface area contributed by atoms with E-state index in [9.17, 15) is 9.59 Å². The molecule has 1 aliphatic carbocycles. The Bertz CT molecular complexity index is 1370. The fourth-order valence-electron chi connectivity index (χ4n) is 5.52. The number of hydrogen-bond donors (Lipinski definition) is 3. The number of hydrogen-bond acceptors (Lipinski definition) is 8. The maximum absolute atomic E-state index is 13.0. The molecule has 1 aromatic carbocycles. The summed E-state index contributed by atoms with van der Waals surface area (Å²) in [4.78, 5) is 36.2. The van der Waals surface area contributed by atoms with Crippen molar-refractivity contribution in [2.45, 2.75) is 70.6 Å². The van der Waals surface area contributed by atoms with Gasteiger partial charge in [0.05, 0.1) is 6.20 Å². The minimum atomic E-state index is -0.162. The minimum Gasteiger partial charge on any atom is -0.460 e. The van der Waals surface area contributed by atoms with Gasteiger partial charge in [-0.3, -0.25) is 9.59 Å². The van der Waals surface area contributed by atoms with Gasteiger partial charge in [-0.15, -0.1) is 0 Å². The number of benzene rings is 1. The van der Waals surface area contributed by atoms with Crippen LogP contribution in [0.5, 0.6) is 6.01 Å². The molecule has 0 radical (unpaired) electrons. The molecule has 1 saturated heterocycles. The summed E-state index contributed by atoms with van der Waals surface area (Å²) in [6.07, 6.45) is 8.95. The summed E-state index contributed by atoms with van der Waals surface area (Å²) >= 11 is 0. The molecule has 0 unspecified atom stereocenters. The highest BCUT2D eigenvalue weighted by Crippen LogP contribution is 2.26. The first-order valence-electron chi connectivity index (χ1n) is 14.6. The SMILES string of the molecule is C=CC(=O)N[C@H]1CC[C@@H](C(=O)Nc2cccc(CNc3nc(OC4CCN(C)CC4)nc4c(CC)cnn34)c2)CC1. The zero-order valence-electron chi connectivity index (χ0n) is 23.9. The van der Waals surface area contributed by atoms with E-state index in [1.165, 1.54) is 6.08 Å². The van der Waals surface area contributed by atoms with Crippen molar-refractivity contribution in [3.8, 4) is 6.01 Å². The van der Waals surface area contributed by atoms with Gasteiger partial charge in [0, 0.05) is 42.8 Å². The van der Waals surface area contributed by atoms with Crippen LogP contribution in [0.3, 0.4) is 0 Å². The number of fused-ring (bicyclic) bond motifs is 1. The number of carbonyl (C=O) groups excluding carboxylic acids is 2. The smallest absolute Gasteiger partial charge is 0.322 e. The van der Waals surface area contributed by atoms with Gasteiger partial charge in [0.15, 0.2) is 5.65 Å². The van der Waals surface area contributed by atoms with Crippen LogP contribution < -0.4 is 20.7 Å². The third-order valence-corrected chi connectivity index (χ3v) is 8.01. The second-order valence-corrected chi connectivity index (χ2v) is 11.0. The largest absolute Gasteiger partial charge is 0.460 e. The molecule has 0 spiro atoms. The van der Waals surface area contributed by atoms with E-state index in [1.807, 2.05) is 30.5 Å². The molecule has 3 heterocycles. The average Bonchev–Trinajstić information content (AvgIpc) is 3.41. The van der Waals surface area contributed by atoms with Crippen LogP contribution >= 0.6 is 0 Å². The first-order valence-corrected chi connectivity index (χ1v) is 14.6. The quantitative estimate of drug-likeness (QED) is 0.322. The number of ether oxygens (including phenoxy) is 1. The number of aryl methyl sites for hydroxylation is 1. The van der Waals surface area contributed by atoms with Gasteiger partial charge < -0.3 is 25.6 Å². The van der Waals surface area contributed by atoms with Gasteiger partial charge in [0.25, 0.3) is 0 Å². The third-order valence-electron chi connectivity index (χ3n) is 8.01. The maximum atomic E-state index is 13.0. The number of anilines is 2. The molecule has 2 aliphatic rings. The van der Waals surface area contributed by atoms with Crippen molar-refractivity contribution in [2.75, 3.05) is 30.8 Å². The molecule has 11 heteroatoms. The second-order valence-electron chi connectivity index (χ2n) is 11.0. The van der Waals surface area contributed by atoms with Gasteiger partial charge in [-0.05, 0) is 75.8 Å². The molecular formula is C30H40N8O3. The van der Waals surface area contributed by atoms with Gasteiger partial charge in [0.1, 0.15) is 6.10 Å². The predicted molar refractivity (Wildman–Crippen MR) is 158 cm³/mol. The molecular weight excluding hydrogens is 520 g/mol.